The van der Waals surface area contributed by atoms with Gasteiger partial charge in [0.15, 0.2) is 15.9 Å². The maximum absolute atomic E-state index is 11.9. The van der Waals surface area contributed by atoms with Gasteiger partial charge in [-0.05, 0) is 20.8 Å². The summed E-state index contributed by atoms with van der Waals surface area (Å²) >= 11 is 0. The Balaban J connectivity index is 2.92. The first-order chi connectivity index (χ1) is 9.45. The second-order valence-electron chi connectivity index (χ2n) is 5.90. The van der Waals surface area contributed by atoms with Crippen molar-refractivity contribution >= 4 is 21.9 Å². The van der Waals surface area contributed by atoms with E-state index in [-0.39, 0.29) is 11.5 Å². The van der Waals surface area contributed by atoms with Crippen molar-refractivity contribution in [3.05, 3.63) is 0 Å². The first kappa shape index (κ1) is 17.7. The fourth-order valence-electron chi connectivity index (χ4n) is 2.05. The molecular weight excluding hydrogens is 302 g/mol. The maximum Gasteiger partial charge on any atom is 0.408 e. The quantitative estimate of drug-likeness (QED) is 0.718. The van der Waals surface area contributed by atoms with E-state index < -0.39 is 39.1 Å². The SMILES string of the molecule is COC(=O)C(NC(=O)OC(C)(C)C)C1(OC)CS(=O)(=O)C1. The number of amides is 1. The highest BCUT2D eigenvalue weighted by atomic mass is 32.2. The molecule has 0 aliphatic carbocycles. The highest BCUT2D eigenvalue weighted by Crippen LogP contribution is 2.31. The van der Waals surface area contributed by atoms with Crippen molar-refractivity contribution in [3.63, 3.8) is 0 Å². The Hall–Kier alpha value is -1.35. The fourth-order valence-corrected chi connectivity index (χ4v) is 4.03. The number of sulfone groups is 1. The van der Waals surface area contributed by atoms with Gasteiger partial charge in [0.05, 0.1) is 18.6 Å². The lowest BCUT2D eigenvalue weighted by molar-refractivity contribution is -0.151. The van der Waals surface area contributed by atoms with Crippen molar-refractivity contribution < 1.29 is 32.2 Å². The number of carbonyl (C=O) groups is 2. The van der Waals surface area contributed by atoms with Crippen LogP contribution in [0.2, 0.25) is 0 Å². The molecule has 1 unspecified atom stereocenters. The number of methoxy groups -OCH3 is 2. The molecule has 1 amide bonds. The van der Waals surface area contributed by atoms with Gasteiger partial charge in [0.2, 0.25) is 0 Å². The Morgan fingerprint density at radius 1 is 1.19 bits per heavy atom. The van der Waals surface area contributed by atoms with E-state index in [1.807, 2.05) is 0 Å². The van der Waals surface area contributed by atoms with Crippen LogP contribution in [0.25, 0.3) is 0 Å². The van der Waals surface area contributed by atoms with Gasteiger partial charge in [-0.2, -0.15) is 0 Å². The third kappa shape index (κ3) is 4.31. The van der Waals surface area contributed by atoms with Gasteiger partial charge in [0.25, 0.3) is 0 Å². The molecular formula is C12H21NO7S. The van der Waals surface area contributed by atoms with Crippen molar-refractivity contribution in [3.8, 4) is 0 Å². The molecule has 1 heterocycles. The molecule has 122 valence electrons. The molecule has 0 spiro atoms. The molecule has 8 nitrogen and oxygen atoms in total. The number of hydrogen-bond acceptors (Lipinski definition) is 7. The van der Waals surface area contributed by atoms with E-state index in [9.17, 15) is 18.0 Å². The molecule has 1 aliphatic heterocycles. The Bertz CT molecular complexity index is 508. The molecule has 1 aliphatic rings. The van der Waals surface area contributed by atoms with Crippen LogP contribution in [0.15, 0.2) is 0 Å². The van der Waals surface area contributed by atoms with Crippen LogP contribution in [0.5, 0.6) is 0 Å². The average Bonchev–Trinajstić information content (AvgIpc) is 2.29. The summed E-state index contributed by atoms with van der Waals surface area (Å²) in [5.41, 5.74) is -2.08. The summed E-state index contributed by atoms with van der Waals surface area (Å²) in [5.74, 6) is -1.53. The molecule has 1 fully saturated rings. The standard InChI is InChI=1S/C12H21NO7S/c1-11(2,3)20-10(15)13-8(9(14)18-4)12(19-5)6-21(16,17)7-12/h8H,6-7H2,1-5H3,(H,13,15). The van der Waals surface area contributed by atoms with Crippen LogP contribution in [-0.4, -0.2) is 63.4 Å². The molecule has 0 saturated carbocycles. The first-order valence-corrected chi connectivity index (χ1v) is 8.10. The molecule has 0 aromatic rings. The van der Waals surface area contributed by atoms with E-state index in [0.29, 0.717) is 0 Å². The van der Waals surface area contributed by atoms with Gasteiger partial charge >= 0.3 is 12.1 Å². The van der Waals surface area contributed by atoms with Crippen molar-refractivity contribution in [2.45, 2.75) is 38.0 Å². The summed E-state index contributed by atoms with van der Waals surface area (Å²) in [5, 5.41) is 2.33. The van der Waals surface area contributed by atoms with Gasteiger partial charge in [0.1, 0.15) is 11.2 Å². The molecule has 21 heavy (non-hydrogen) atoms. The Kier molecular flexibility index (Phi) is 4.89. The van der Waals surface area contributed by atoms with Crippen LogP contribution in [0, 0.1) is 0 Å². The third-order valence-corrected chi connectivity index (χ3v) is 4.82. The van der Waals surface area contributed by atoms with Crippen molar-refractivity contribution in [2.24, 2.45) is 0 Å². The summed E-state index contributed by atoms with van der Waals surface area (Å²) in [6.45, 7) is 5.00. The molecule has 1 atom stereocenters. The third-order valence-electron chi connectivity index (χ3n) is 2.96. The van der Waals surface area contributed by atoms with E-state index >= 15 is 0 Å². The molecule has 1 rings (SSSR count). The van der Waals surface area contributed by atoms with Crippen LogP contribution in [0.1, 0.15) is 20.8 Å². The zero-order valence-electron chi connectivity index (χ0n) is 12.8. The zero-order valence-corrected chi connectivity index (χ0v) is 13.6. The normalized spacial score (nSPS) is 20.8. The van der Waals surface area contributed by atoms with Crippen molar-refractivity contribution in [1.29, 1.82) is 0 Å². The highest BCUT2D eigenvalue weighted by molar-refractivity contribution is 7.93. The van der Waals surface area contributed by atoms with E-state index in [1.54, 1.807) is 20.8 Å². The number of ether oxygens (including phenoxy) is 3. The second-order valence-corrected chi connectivity index (χ2v) is 7.97. The van der Waals surface area contributed by atoms with Crippen molar-refractivity contribution in [2.75, 3.05) is 25.7 Å². The van der Waals surface area contributed by atoms with Gasteiger partial charge in [-0.25, -0.2) is 18.0 Å². The van der Waals surface area contributed by atoms with E-state index in [2.05, 4.69) is 10.1 Å². The number of rotatable bonds is 4. The highest BCUT2D eigenvalue weighted by Gasteiger charge is 2.58. The summed E-state index contributed by atoms with van der Waals surface area (Å²) in [7, 11) is -0.863. The van der Waals surface area contributed by atoms with Crippen LogP contribution >= 0.6 is 0 Å². The summed E-state index contributed by atoms with van der Waals surface area (Å²) < 4.78 is 37.7. The first-order valence-electron chi connectivity index (χ1n) is 6.28. The molecule has 0 aromatic heterocycles. The second kappa shape index (κ2) is 5.80. The van der Waals surface area contributed by atoms with Gasteiger partial charge in [-0.15, -0.1) is 0 Å². The summed E-state index contributed by atoms with van der Waals surface area (Å²) in [6.07, 6.45) is -0.848. The van der Waals surface area contributed by atoms with Gasteiger partial charge in [0, 0.05) is 7.11 Å². The van der Waals surface area contributed by atoms with Gasteiger partial charge < -0.3 is 19.5 Å². The molecule has 9 heteroatoms. The fraction of sp³-hybridized carbons (Fsp3) is 0.833. The summed E-state index contributed by atoms with van der Waals surface area (Å²) in [4.78, 5) is 23.7. The van der Waals surface area contributed by atoms with Crippen LogP contribution in [0.3, 0.4) is 0 Å². The van der Waals surface area contributed by atoms with Crippen molar-refractivity contribution in [1.82, 2.24) is 5.32 Å². The molecule has 1 saturated heterocycles. The molecule has 0 bridgehead atoms. The minimum atomic E-state index is -3.28. The smallest absolute Gasteiger partial charge is 0.408 e. The Labute approximate surface area is 124 Å². The lowest BCUT2D eigenvalue weighted by Gasteiger charge is -2.43. The Morgan fingerprint density at radius 3 is 2.05 bits per heavy atom. The lowest BCUT2D eigenvalue weighted by atomic mass is 9.97. The number of esters is 1. The molecule has 0 aromatic carbocycles. The van der Waals surface area contributed by atoms with Gasteiger partial charge in [-0.1, -0.05) is 0 Å². The number of carbonyl (C=O) groups excluding carboxylic acids is 2. The average molecular weight is 323 g/mol. The minimum Gasteiger partial charge on any atom is -0.467 e. The van der Waals surface area contributed by atoms with Gasteiger partial charge in [-0.3, -0.25) is 0 Å². The maximum atomic E-state index is 11.9. The lowest BCUT2D eigenvalue weighted by Crippen LogP contribution is -2.70. The van der Waals surface area contributed by atoms with E-state index in [4.69, 9.17) is 9.47 Å². The largest absolute Gasteiger partial charge is 0.467 e. The Morgan fingerprint density at radius 2 is 1.71 bits per heavy atom. The number of nitrogens with one attached hydrogen (secondary N) is 1. The number of alkyl carbamates (subject to hydrolysis) is 1. The minimum absolute atomic E-state index is 0.369. The molecule has 0 radical (unpaired) electrons. The topological polar surface area (TPSA) is 108 Å². The van der Waals surface area contributed by atoms with E-state index in [0.717, 1.165) is 7.11 Å². The predicted molar refractivity (Wildman–Crippen MR) is 73.6 cm³/mol. The summed E-state index contributed by atoms with van der Waals surface area (Å²) in [6, 6.07) is -1.26. The van der Waals surface area contributed by atoms with Crippen LogP contribution in [-0.2, 0) is 28.8 Å². The molecule has 1 N–H and O–H groups in total. The zero-order chi connectivity index (χ0) is 16.5. The predicted octanol–water partition coefficient (Wildman–Crippen LogP) is -0.134. The van der Waals surface area contributed by atoms with Crippen LogP contribution in [0.4, 0.5) is 4.79 Å². The van der Waals surface area contributed by atoms with Crippen LogP contribution < -0.4 is 5.32 Å². The van der Waals surface area contributed by atoms with E-state index in [1.165, 1.54) is 7.11 Å². The monoisotopic (exact) mass is 323 g/mol. The number of hydrogen-bond donors (Lipinski definition) is 1.